The van der Waals surface area contributed by atoms with Crippen molar-refractivity contribution in [1.29, 1.82) is 0 Å². The standard InChI is InChI=1S/C34H54O8/c1-9-25(31-21(6)18-34(11-3,42-31)26-16-17-33(10-2,41-26)23(8)35)30(38)22(7)28(36)19(4)12-14-24-15-13-20(5)29(37)27(24)32(39)40/h13,15,19,21-23,25-26,28,31,35-37H,9-12,14,16-18H2,1-8H3,(H,39,40)/t19-,21+,22+,23-,25+,26-,28+,31?,33+,34+/m1/s1. The van der Waals surface area contributed by atoms with E-state index in [1.807, 2.05) is 20.8 Å². The summed E-state index contributed by atoms with van der Waals surface area (Å²) in [6.45, 7) is 15.4. The van der Waals surface area contributed by atoms with Gasteiger partial charge >= 0.3 is 5.97 Å². The minimum atomic E-state index is -1.18. The van der Waals surface area contributed by atoms with E-state index < -0.39 is 35.3 Å². The topological polar surface area (TPSA) is 134 Å². The Balaban J connectivity index is 1.70. The average molecular weight is 591 g/mol. The van der Waals surface area contributed by atoms with Crippen LogP contribution in [-0.4, -0.2) is 67.8 Å². The Kier molecular flexibility index (Phi) is 11.3. The van der Waals surface area contributed by atoms with Gasteiger partial charge in [-0.05, 0) is 88.2 Å². The molecule has 4 N–H and O–H groups in total. The van der Waals surface area contributed by atoms with Gasteiger partial charge < -0.3 is 29.9 Å². The summed E-state index contributed by atoms with van der Waals surface area (Å²) in [5.41, 5.74) is -0.170. The number of aliphatic hydroxyl groups is 2. The van der Waals surface area contributed by atoms with Gasteiger partial charge in [-0.15, -0.1) is 0 Å². The minimum Gasteiger partial charge on any atom is -0.507 e. The number of aliphatic hydroxyl groups excluding tert-OH is 2. The monoisotopic (exact) mass is 590 g/mol. The highest BCUT2D eigenvalue weighted by Gasteiger charge is 2.57. The number of carboxylic acid groups (broad SMARTS) is 1. The number of rotatable bonds is 14. The third-order valence-electron chi connectivity index (χ3n) is 10.6. The summed E-state index contributed by atoms with van der Waals surface area (Å²) in [7, 11) is 0. The van der Waals surface area contributed by atoms with Crippen molar-refractivity contribution in [2.45, 2.75) is 142 Å². The Hall–Kier alpha value is -2.00. The molecule has 1 unspecified atom stereocenters. The van der Waals surface area contributed by atoms with Crippen molar-refractivity contribution < 1.29 is 39.5 Å². The zero-order valence-corrected chi connectivity index (χ0v) is 26.9. The molecule has 0 spiro atoms. The lowest BCUT2D eigenvalue weighted by Gasteiger charge is -2.38. The fraction of sp³-hybridized carbons (Fsp3) is 0.765. The maximum absolute atomic E-state index is 13.9. The van der Waals surface area contributed by atoms with Crippen molar-refractivity contribution in [2.75, 3.05) is 0 Å². The predicted octanol–water partition coefficient (Wildman–Crippen LogP) is 5.84. The van der Waals surface area contributed by atoms with Crippen molar-refractivity contribution in [1.82, 2.24) is 0 Å². The van der Waals surface area contributed by atoms with E-state index in [-0.39, 0.29) is 47.1 Å². The average Bonchev–Trinajstić information content (AvgIpc) is 3.56. The van der Waals surface area contributed by atoms with E-state index in [9.17, 15) is 30.0 Å². The molecule has 1 aromatic rings. The normalized spacial score (nSPS) is 31.4. The summed E-state index contributed by atoms with van der Waals surface area (Å²) in [4.78, 5) is 25.7. The number of aromatic hydroxyl groups is 1. The van der Waals surface area contributed by atoms with E-state index in [1.54, 1.807) is 32.9 Å². The number of aryl methyl sites for hydroxylation is 2. The van der Waals surface area contributed by atoms with Gasteiger partial charge in [0.05, 0.1) is 35.6 Å². The van der Waals surface area contributed by atoms with Crippen LogP contribution in [0.5, 0.6) is 5.75 Å². The first kappa shape index (κ1) is 34.5. The molecule has 2 aliphatic rings. The molecule has 0 bridgehead atoms. The zero-order valence-electron chi connectivity index (χ0n) is 26.9. The molecule has 8 heteroatoms. The molecule has 0 amide bonds. The second-order valence-electron chi connectivity index (χ2n) is 13.2. The Labute approximate surface area is 251 Å². The first-order chi connectivity index (χ1) is 19.7. The molecule has 2 heterocycles. The molecule has 2 saturated heterocycles. The molecule has 8 nitrogen and oxygen atoms in total. The van der Waals surface area contributed by atoms with Gasteiger partial charge in [0.25, 0.3) is 0 Å². The molecular weight excluding hydrogens is 536 g/mol. The molecule has 0 aromatic heterocycles. The third kappa shape index (κ3) is 6.57. The molecule has 0 saturated carbocycles. The second kappa shape index (κ2) is 13.7. The van der Waals surface area contributed by atoms with Gasteiger partial charge in [0.2, 0.25) is 0 Å². The highest BCUT2D eigenvalue weighted by Crippen LogP contribution is 2.50. The van der Waals surface area contributed by atoms with Gasteiger partial charge in [-0.1, -0.05) is 53.7 Å². The summed E-state index contributed by atoms with van der Waals surface area (Å²) in [6.07, 6.45) is 3.39. The summed E-state index contributed by atoms with van der Waals surface area (Å²) in [5.74, 6) is -2.55. The number of benzene rings is 1. The number of phenols is 1. The maximum atomic E-state index is 13.9. The Bertz CT molecular complexity index is 1100. The molecule has 42 heavy (non-hydrogen) atoms. The second-order valence-corrected chi connectivity index (χ2v) is 13.2. The lowest BCUT2D eigenvalue weighted by molar-refractivity contribution is -0.188. The van der Waals surface area contributed by atoms with E-state index in [4.69, 9.17) is 9.47 Å². The molecule has 2 aliphatic heterocycles. The lowest BCUT2D eigenvalue weighted by Crippen LogP contribution is -2.47. The predicted molar refractivity (Wildman–Crippen MR) is 162 cm³/mol. The number of Topliss-reactive ketones (excluding diaryl/α,β-unsaturated/α-hetero) is 1. The lowest BCUT2D eigenvalue weighted by atomic mass is 9.77. The van der Waals surface area contributed by atoms with Crippen molar-refractivity contribution >= 4 is 11.8 Å². The van der Waals surface area contributed by atoms with E-state index >= 15 is 0 Å². The molecule has 10 atom stereocenters. The summed E-state index contributed by atoms with van der Waals surface area (Å²) in [6, 6.07) is 3.40. The van der Waals surface area contributed by atoms with E-state index in [1.165, 1.54) is 0 Å². The van der Waals surface area contributed by atoms with E-state index in [2.05, 4.69) is 13.8 Å². The molecule has 2 fully saturated rings. The van der Waals surface area contributed by atoms with Crippen LogP contribution in [0.15, 0.2) is 12.1 Å². The first-order valence-electron chi connectivity index (χ1n) is 16.0. The Morgan fingerprint density at radius 2 is 1.74 bits per heavy atom. The van der Waals surface area contributed by atoms with Crippen molar-refractivity contribution in [3.63, 3.8) is 0 Å². The molecule has 238 valence electrons. The van der Waals surface area contributed by atoms with Crippen LogP contribution in [0.3, 0.4) is 0 Å². The summed E-state index contributed by atoms with van der Waals surface area (Å²) < 4.78 is 13.4. The largest absolute Gasteiger partial charge is 0.507 e. The van der Waals surface area contributed by atoms with Gasteiger partial charge in [0, 0.05) is 11.8 Å². The van der Waals surface area contributed by atoms with Crippen LogP contribution in [-0.2, 0) is 20.7 Å². The van der Waals surface area contributed by atoms with Crippen molar-refractivity contribution in [2.24, 2.45) is 23.7 Å². The Morgan fingerprint density at radius 3 is 2.26 bits per heavy atom. The van der Waals surface area contributed by atoms with Gasteiger partial charge in [0.15, 0.2) is 0 Å². The number of hydrogen-bond acceptors (Lipinski definition) is 7. The SMILES string of the molecule is CC[C@@H](C(=O)[C@@H](C)[C@@H](O)[C@H](C)CCc1ccc(C)c(O)c1C(=O)O)C1O[C@](CC)([C@H]2CC[C@@](CC)([C@@H](C)O)O2)C[C@@H]1C. The highest BCUT2D eigenvalue weighted by atomic mass is 16.6. The van der Waals surface area contributed by atoms with Gasteiger partial charge in [-0.3, -0.25) is 4.79 Å². The van der Waals surface area contributed by atoms with E-state index in [0.29, 0.717) is 30.4 Å². The van der Waals surface area contributed by atoms with Crippen LogP contribution < -0.4 is 0 Å². The van der Waals surface area contributed by atoms with Gasteiger partial charge in [-0.25, -0.2) is 4.79 Å². The molecule has 0 radical (unpaired) electrons. The number of carbonyl (C=O) groups excluding carboxylic acids is 1. The number of carboxylic acids is 1. The number of aromatic carboxylic acids is 1. The summed E-state index contributed by atoms with van der Waals surface area (Å²) >= 11 is 0. The fourth-order valence-electron chi connectivity index (χ4n) is 7.58. The summed E-state index contributed by atoms with van der Waals surface area (Å²) in [5, 5.41) is 41.6. The quantitative estimate of drug-likeness (QED) is 0.212. The number of hydrogen-bond donors (Lipinski definition) is 4. The van der Waals surface area contributed by atoms with Gasteiger partial charge in [-0.2, -0.15) is 0 Å². The third-order valence-corrected chi connectivity index (χ3v) is 10.6. The van der Waals surface area contributed by atoms with Crippen molar-refractivity contribution in [3.05, 3.63) is 28.8 Å². The minimum absolute atomic E-state index is 0.0148. The highest BCUT2D eigenvalue weighted by molar-refractivity contribution is 5.93. The fourth-order valence-corrected chi connectivity index (χ4v) is 7.58. The van der Waals surface area contributed by atoms with Crippen LogP contribution in [0.25, 0.3) is 0 Å². The molecule has 0 aliphatic carbocycles. The zero-order chi connectivity index (χ0) is 31.6. The first-order valence-corrected chi connectivity index (χ1v) is 16.0. The Morgan fingerprint density at radius 1 is 1.07 bits per heavy atom. The van der Waals surface area contributed by atoms with Crippen LogP contribution in [0.1, 0.15) is 115 Å². The number of ether oxygens (including phenoxy) is 2. The van der Waals surface area contributed by atoms with Crippen LogP contribution in [0.4, 0.5) is 0 Å². The number of carbonyl (C=O) groups is 2. The van der Waals surface area contributed by atoms with Gasteiger partial charge in [0.1, 0.15) is 17.1 Å². The van der Waals surface area contributed by atoms with Crippen LogP contribution in [0, 0.1) is 30.6 Å². The molecule has 1 aromatic carbocycles. The number of ketones is 1. The van der Waals surface area contributed by atoms with Crippen LogP contribution in [0.2, 0.25) is 0 Å². The van der Waals surface area contributed by atoms with Crippen molar-refractivity contribution in [3.8, 4) is 5.75 Å². The molecule has 3 rings (SSSR count). The van der Waals surface area contributed by atoms with E-state index in [0.717, 1.165) is 32.1 Å². The van der Waals surface area contributed by atoms with Crippen LogP contribution >= 0.6 is 0 Å². The maximum Gasteiger partial charge on any atom is 0.339 e. The molecular formula is C34H54O8. The smallest absolute Gasteiger partial charge is 0.339 e.